The molecule has 0 unspecified atom stereocenters. The Balaban J connectivity index is 2.72. The predicted molar refractivity (Wildman–Crippen MR) is 86.4 cm³/mol. The topological polar surface area (TPSA) is 119 Å². The van der Waals surface area contributed by atoms with Crippen molar-refractivity contribution >= 4 is 27.7 Å². The number of carbonyl (C=O) groups is 3. The zero-order valence-corrected chi connectivity index (χ0v) is 14.7. The van der Waals surface area contributed by atoms with E-state index in [1.165, 1.54) is 18.2 Å². The number of urea groups is 1. The number of aryl methyl sites for hydroxylation is 1. The van der Waals surface area contributed by atoms with E-state index < -0.39 is 34.4 Å². The molecule has 132 valence electrons. The van der Waals surface area contributed by atoms with Gasteiger partial charge in [0, 0.05) is 12.3 Å². The summed E-state index contributed by atoms with van der Waals surface area (Å²) in [4.78, 5) is 34.9. The third kappa shape index (κ3) is 5.99. The minimum absolute atomic E-state index is 0.0270. The molecule has 1 aromatic carbocycles. The highest BCUT2D eigenvalue weighted by molar-refractivity contribution is 7.90. The molecule has 0 aromatic heterocycles. The van der Waals surface area contributed by atoms with E-state index in [1.807, 2.05) is 5.32 Å². The van der Waals surface area contributed by atoms with Crippen molar-refractivity contribution in [3.8, 4) is 0 Å². The van der Waals surface area contributed by atoms with Crippen LogP contribution >= 0.6 is 0 Å². The highest BCUT2D eigenvalue weighted by Crippen LogP contribution is 2.16. The van der Waals surface area contributed by atoms with E-state index in [4.69, 9.17) is 4.74 Å². The van der Waals surface area contributed by atoms with E-state index in [0.717, 1.165) is 6.26 Å². The minimum Gasteiger partial charge on any atom is -0.452 e. The largest absolute Gasteiger partial charge is 0.452 e. The molecule has 1 aromatic rings. The van der Waals surface area contributed by atoms with Gasteiger partial charge in [0.25, 0.3) is 5.91 Å². The van der Waals surface area contributed by atoms with Crippen LogP contribution in [0.2, 0.25) is 0 Å². The minimum atomic E-state index is -3.47. The molecule has 8 nitrogen and oxygen atoms in total. The smallest absolute Gasteiger partial charge is 0.338 e. The Bertz CT molecular complexity index is 755. The lowest BCUT2D eigenvalue weighted by atomic mass is 10.1. The Labute approximate surface area is 140 Å². The maximum atomic E-state index is 12.0. The van der Waals surface area contributed by atoms with Crippen molar-refractivity contribution in [2.24, 2.45) is 0 Å². The molecule has 0 aliphatic rings. The summed E-state index contributed by atoms with van der Waals surface area (Å²) >= 11 is 0. The van der Waals surface area contributed by atoms with Crippen molar-refractivity contribution in [3.05, 3.63) is 29.3 Å². The van der Waals surface area contributed by atoms with Gasteiger partial charge in [-0.3, -0.25) is 10.1 Å². The third-order valence-electron chi connectivity index (χ3n) is 2.86. The van der Waals surface area contributed by atoms with Crippen LogP contribution < -0.4 is 10.6 Å². The molecule has 0 fully saturated rings. The maximum absolute atomic E-state index is 12.0. The van der Waals surface area contributed by atoms with Gasteiger partial charge in [-0.2, -0.15) is 0 Å². The van der Waals surface area contributed by atoms with Gasteiger partial charge in [0.05, 0.1) is 10.5 Å². The highest BCUT2D eigenvalue weighted by atomic mass is 32.2. The second-order valence-corrected chi connectivity index (χ2v) is 7.52. The SMILES string of the molecule is Cc1ccc(S(C)(=O)=O)cc1C(=O)OCC(=O)NC(=O)NC(C)C. The van der Waals surface area contributed by atoms with Crippen molar-refractivity contribution < 1.29 is 27.5 Å². The van der Waals surface area contributed by atoms with E-state index >= 15 is 0 Å². The van der Waals surface area contributed by atoms with Crippen LogP contribution in [0, 0.1) is 6.92 Å². The molecule has 0 heterocycles. The summed E-state index contributed by atoms with van der Waals surface area (Å²) < 4.78 is 27.9. The maximum Gasteiger partial charge on any atom is 0.338 e. The molecule has 0 spiro atoms. The van der Waals surface area contributed by atoms with Crippen molar-refractivity contribution in [3.63, 3.8) is 0 Å². The van der Waals surface area contributed by atoms with Gasteiger partial charge in [-0.1, -0.05) is 6.07 Å². The number of hydrogen-bond donors (Lipinski definition) is 2. The monoisotopic (exact) mass is 356 g/mol. The summed E-state index contributed by atoms with van der Waals surface area (Å²) in [5.41, 5.74) is 0.544. The van der Waals surface area contributed by atoms with Gasteiger partial charge in [0.2, 0.25) is 0 Å². The standard InChI is InChI=1S/C15H20N2O6S/c1-9(2)16-15(20)17-13(18)8-23-14(19)12-7-11(24(4,21)22)6-5-10(12)3/h5-7,9H,8H2,1-4H3,(H2,16,17,18,20). The van der Waals surface area contributed by atoms with Gasteiger partial charge in [-0.25, -0.2) is 18.0 Å². The Hall–Kier alpha value is -2.42. The van der Waals surface area contributed by atoms with Crippen LogP contribution in [-0.2, 0) is 19.4 Å². The molecule has 0 aliphatic carbocycles. The second kappa shape index (κ2) is 7.91. The molecular formula is C15H20N2O6S. The molecular weight excluding hydrogens is 336 g/mol. The average molecular weight is 356 g/mol. The number of sulfone groups is 1. The van der Waals surface area contributed by atoms with Crippen LogP contribution in [0.3, 0.4) is 0 Å². The molecule has 0 aliphatic heterocycles. The Morgan fingerprint density at radius 3 is 2.38 bits per heavy atom. The fourth-order valence-electron chi connectivity index (χ4n) is 1.72. The fraction of sp³-hybridized carbons (Fsp3) is 0.400. The quantitative estimate of drug-likeness (QED) is 0.753. The Kier molecular flexibility index (Phi) is 6.47. The number of imide groups is 1. The molecule has 1 rings (SSSR count). The summed E-state index contributed by atoms with van der Waals surface area (Å²) in [5, 5.41) is 4.45. The number of benzene rings is 1. The summed E-state index contributed by atoms with van der Waals surface area (Å²) in [7, 11) is -3.47. The lowest BCUT2D eigenvalue weighted by Crippen LogP contribution is -2.44. The van der Waals surface area contributed by atoms with Crippen LogP contribution in [0.5, 0.6) is 0 Å². The Morgan fingerprint density at radius 2 is 1.83 bits per heavy atom. The first-order valence-electron chi connectivity index (χ1n) is 7.09. The predicted octanol–water partition coefficient (Wildman–Crippen LogP) is 0.790. The van der Waals surface area contributed by atoms with Crippen molar-refractivity contribution in [2.75, 3.05) is 12.9 Å². The van der Waals surface area contributed by atoms with E-state index in [1.54, 1.807) is 20.8 Å². The number of amides is 3. The second-order valence-electron chi connectivity index (χ2n) is 5.50. The first-order chi connectivity index (χ1) is 11.0. The molecule has 0 atom stereocenters. The van der Waals surface area contributed by atoms with Crippen LogP contribution in [-0.4, -0.2) is 45.2 Å². The van der Waals surface area contributed by atoms with Crippen LogP contribution in [0.25, 0.3) is 0 Å². The summed E-state index contributed by atoms with van der Waals surface area (Å²) in [6.07, 6.45) is 1.02. The van der Waals surface area contributed by atoms with Crippen molar-refractivity contribution in [2.45, 2.75) is 31.7 Å². The number of nitrogens with one attached hydrogen (secondary N) is 2. The number of rotatable bonds is 5. The van der Waals surface area contributed by atoms with Gasteiger partial charge >= 0.3 is 12.0 Å². The molecule has 0 radical (unpaired) electrons. The summed E-state index contributed by atoms with van der Waals surface area (Å²) in [6, 6.07) is 3.20. The van der Waals surface area contributed by atoms with Gasteiger partial charge in [-0.05, 0) is 38.5 Å². The van der Waals surface area contributed by atoms with Crippen molar-refractivity contribution in [1.82, 2.24) is 10.6 Å². The lowest BCUT2D eigenvalue weighted by Gasteiger charge is -2.10. The number of hydrogen-bond acceptors (Lipinski definition) is 6. The average Bonchev–Trinajstić information content (AvgIpc) is 2.42. The third-order valence-corrected chi connectivity index (χ3v) is 3.97. The molecule has 0 bridgehead atoms. The summed E-state index contributed by atoms with van der Waals surface area (Å²) in [5.74, 6) is -1.64. The normalized spacial score (nSPS) is 11.0. The molecule has 2 N–H and O–H groups in total. The van der Waals surface area contributed by atoms with E-state index in [-0.39, 0.29) is 16.5 Å². The lowest BCUT2D eigenvalue weighted by molar-refractivity contribution is -0.123. The molecule has 3 amide bonds. The number of esters is 1. The van der Waals surface area contributed by atoms with Gasteiger partial charge < -0.3 is 10.1 Å². The van der Waals surface area contributed by atoms with Gasteiger partial charge in [0.15, 0.2) is 16.4 Å². The highest BCUT2D eigenvalue weighted by Gasteiger charge is 2.17. The molecule has 0 saturated heterocycles. The van der Waals surface area contributed by atoms with Crippen molar-refractivity contribution in [1.29, 1.82) is 0 Å². The van der Waals surface area contributed by atoms with Crippen LogP contribution in [0.1, 0.15) is 29.8 Å². The van der Waals surface area contributed by atoms with Crippen LogP contribution in [0.4, 0.5) is 4.79 Å². The van der Waals surface area contributed by atoms with Gasteiger partial charge in [-0.15, -0.1) is 0 Å². The van der Waals surface area contributed by atoms with Gasteiger partial charge in [0.1, 0.15) is 0 Å². The first kappa shape index (κ1) is 19.6. The summed E-state index contributed by atoms with van der Waals surface area (Å²) in [6.45, 7) is 4.40. The molecule has 9 heteroatoms. The van der Waals surface area contributed by atoms with E-state index in [9.17, 15) is 22.8 Å². The first-order valence-corrected chi connectivity index (χ1v) is 8.98. The zero-order valence-electron chi connectivity index (χ0n) is 13.9. The van der Waals surface area contributed by atoms with E-state index in [2.05, 4.69) is 5.32 Å². The number of carbonyl (C=O) groups excluding carboxylic acids is 3. The molecule has 24 heavy (non-hydrogen) atoms. The fourth-order valence-corrected chi connectivity index (χ4v) is 2.37. The number of ether oxygens (including phenoxy) is 1. The van der Waals surface area contributed by atoms with E-state index in [0.29, 0.717) is 5.56 Å². The zero-order chi connectivity index (χ0) is 18.5. The Morgan fingerprint density at radius 1 is 1.21 bits per heavy atom. The molecule has 0 saturated carbocycles. The van der Waals surface area contributed by atoms with Crippen LogP contribution in [0.15, 0.2) is 23.1 Å².